The molecule has 0 aromatic carbocycles. The topological polar surface area (TPSA) is 35.6 Å². The van der Waals surface area contributed by atoms with Crippen LogP contribution in [0.1, 0.15) is 33.6 Å². The number of rotatable bonds is 4. The Labute approximate surface area is 111 Å². The fourth-order valence-corrected chi connectivity index (χ4v) is 3.00. The normalized spacial score (nSPS) is 23.4. The molecule has 104 valence electrons. The van der Waals surface area contributed by atoms with Crippen LogP contribution in [0.25, 0.3) is 0 Å². The van der Waals surface area contributed by atoms with Crippen LogP contribution < -0.4 is 5.32 Å². The van der Waals surface area contributed by atoms with E-state index in [0.29, 0.717) is 18.0 Å². The lowest BCUT2D eigenvalue weighted by molar-refractivity contribution is -0.145. The van der Waals surface area contributed by atoms with Gasteiger partial charge in [0.05, 0.1) is 6.54 Å². The molecule has 2 rings (SSSR count). The van der Waals surface area contributed by atoms with Gasteiger partial charge in [0, 0.05) is 24.5 Å². The molecule has 4 heteroatoms. The van der Waals surface area contributed by atoms with Crippen molar-refractivity contribution in [2.45, 2.75) is 39.7 Å². The van der Waals surface area contributed by atoms with E-state index in [2.05, 4.69) is 31.0 Å². The van der Waals surface area contributed by atoms with Gasteiger partial charge in [0.1, 0.15) is 0 Å². The number of amides is 1. The van der Waals surface area contributed by atoms with E-state index in [1.165, 1.54) is 25.9 Å². The smallest absolute Gasteiger partial charge is 0.236 e. The summed E-state index contributed by atoms with van der Waals surface area (Å²) in [7, 11) is 0. The Balaban J connectivity index is 1.71. The molecule has 2 heterocycles. The zero-order chi connectivity index (χ0) is 13.2. The van der Waals surface area contributed by atoms with Crippen LogP contribution >= 0.6 is 0 Å². The molecule has 0 aromatic heterocycles. The van der Waals surface area contributed by atoms with Gasteiger partial charge in [-0.3, -0.25) is 4.79 Å². The molecule has 2 aliphatic rings. The van der Waals surface area contributed by atoms with Crippen molar-refractivity contribution < 1.29 is 4.79 Å². The Morgan fingerprint density at radius 3 is 2.39 bits per heavy atom. The highest BCUT2D eigenvalue weighted by atomic mass is 16.2. The van der Waals surface area contributed by atoms with Crippen LogP contribution in [-0.2, 0) is 4.79 Å². The number of piperidine rings is 1. The molecule has 4 nitrogen and oxygen atoms in total. The van der Waals surface area contributed by atoms with Crippen molar-refractivity contribution in [1.29, 1.82) is 0 Å². The zero-order valence-corrected chi connectivity index (χ0v) is 12.0. The number of carbonyl (C=O) groups excluding carboxylic acids is 1. The summed E-state index contributed by atoms with van der Waals surface area (Å²) in [6.07, 6.45) is 2.53. The van der Waals surface area contributed by atoms with E-state index >= 15 is 0 Å². The minimum atomic E-state index is 0.271. The van der Waals surface area contributed by atoms with Crippen molar-refractivity contribution in [1.82, 2.24) is 15.1 Å². The van der Waals surface area contributed by atoms with E-state index in [1.54, 1.807) is 0 Å². The van der Waals surface area contributed by atoms with Gasteiger partial charge < -0.3 is 15.1 Å². The molecule has 2 aliphatic heterocycles. The van der Waals surface area contributed by atoms with Crippen molar-refractivity contribution in [2.75, 3.05) is 39.3 Å². The molecule has 0 radical (unpaired) electrons. The first-order valence-corrected chi connectivity index (χ1v) is 7.28. The molecule has 2 saturated heterocycles. The second kappa shape index (κ2) is 5.57. The van der Waals surface area contributed by atoms with E-state index in [0.717, 1.165) is 19.6 Å². The van der Waals surface area contributed by atoms with E-state index in [4.69, 9.17) is 0 Å². The number of hydrogen-bond acceptors (Lipinski definition) is 3. The lowest BCUT2D eigenvalue weighted by Crippen LogP contribution is -2.63. The first kappa shape index (κ1) is 13.8. The molecule has 0 saturated carbocycles. The second-order valence-electron chi connectivity index (χ2n) is 6.22. The third kappa shape index (κ3) is 3.04. The van der Waals surface area contributed by atoms with Crippen LogP contribution in [0.5, 0.6) is 0 Å². The van der Waals surface area contributed by atoms with Crippen molar-refractivity contribution >= 4 is 5.91 Å². The Bertz CT molecular complexity index is 287. The Kier molecular flexibility index (Phi) is 4.28. The summed E-state index contributed by atoms with van der Waals surface area (Å²) >= 11 is 0. The minimum absolute atomic E-state index is 0.271. The van der Waals surface area contributed by atoms with Crippen molar-refractivity contribution in [3.63, 3.8) is 0 Å². The van der Waals surface area contributed by atoms with E-state index in [1.807, 2.05) is 4.90 Å². The van der Waals surface area contributed by atoms with Crippen LogP contribution in [0.4, 0.5) is 0 Å². The monoisotopic (exact) mass is 253 g/mol. The summed E-state index contributed by atoms with van der Waals surface area (Å²) in [5, 5.41) is 3.20. The van der Waals surface area contributed by atoms with Gasteiger partial charge in [-0.1, -0.05) is 20.8 Å². The third-order valence-electron chi connectivity index (χ3n) is 4.43. The minimum Gasteiger partial charge on any atom is -0.340 e. The molecule has 1 amide bonds. The van der Waals surface area contributed by atoms with Gasteiger partial charge in [-0.2, -0.15) is 0 Å². The molecule has 18 heavy (non-hydrogen) atoms. The van der Waals surface area contributed by atoms with Crippen LogP contribution in [0.3, 0.4) is 0 Å². The maximum absolute atomic E-state index is 11.9. The highest BCUT2D eigenvalue weighted by Gasteiger charge is 2.46. The molecule has 1 spiro atoms. The predicted molar refractivity (Wildman–Crippen MR) is 73.5 cm³/mol. The first-order chi connectivity index (χ1) is 8.54. The fourth-order valence-electron chi connectivity index (χ4n) is 3.00. The van der Waals surface area contributed by atoms with Gasteiger partial charge in [-0.05, 0) is 32.5 Å². The van der Waals surface area contributed by atoms with Gasteiger partial charge in [-0.15, -0.1) is 0 Å². The standard InChI is InChI=1S/C14H27N3O/c1-4-16-7-5-14(6-8-16)10-17(11-14)13(18)9-15-12(2)3/h12,15H,4-11H2,1-3H3. The maximum Gasteiger partial charge on any atom is 0.236 e. The molecule has 0 bridgehead atoms. The largest absolute Gasteiger partial charge is 0.340 e. The molecule has 0 aromatic rings. The summed E-state index contributed by atoms with van der Waals surface area (Å²) in [4.78, 5) is 16.5. The number of nitrogens with zero attached hydrogens (tertiary/aromatic N) is 2. The highest BCUT2D eigenvalue weighted by molar-refractivity contribution is 5.79. The van der Waals surface area contributed by atoms with Crippen LogP contribution in [0.15, 0.2) is 0 Å². The summed E-state index contributed by atoms with van der Waals surface area (Å²) in [5.41, 5.74) is 0.458. The molecule has 2 fully saturated rings. The predicted octanol–water partition coefficient (Wildman–Crippen LogP) is 0.929. The maximum atomic E-state index is 11.9. The Hall–Kier alpha value is -0.610. The first-order valence-electron chi connectivity index (χ1n) is 7.28. The second-order valence-corrected chi connectivity index (χ2v) is 6.22. The quantitative estimate of drug-likeness (QED) is 0.809. The summed E-state index contributed by atoms with van der Waals surface area (Å²) in [6.45, 7) is 12.4. The van der Waals surface area contributed by atoms with E-state index in [-0.39, 0.29) is 5.91 Å². The highest BCUT2D eigenvalue weighted by Crippen LogP contribution is 2.40. The molecular formula is C14H27N3O. The molecule has 0 atom stereocenters. The lowest BCUT2D eigenvalue weighted by atomic mass is 9.72. The van der Waals surface area contributed by atoms with Gasteiger partial charge in [-0.25, -0.2) is 0 Å². The van der Waals surface area contributed by atoms with Crippen LogP contribution in [-0.4, -0.2) is 61.0 Å². The Morgan fingerprint density at radius 2 is 1.89 bits per heavy atom. The zero-order valence-electron chi connectivity index (χ0n) is 12.0. The number of nitrogens with one attached hydrogen (secondary N) is 1. The van der Waals surface area contributed by atoms with Crippen molar-refractivity contribution in [3.8, 4) is 0 Å². The van der Waals surface area contributed by atoms with E-state index < -0.39 is 0 Å². The van der Waals surface area contributed by atoms with Gasteiger partial charge in [0.2, 0.25) is 5.91 Å². The van der Waals surface area contributed by atoms with Crippen molar-refractivity contribution in [2.24, 2.45) is 5.41 Å². The van der Waals surface area contributed by atoms with Gasteiger partial charge >= 0.3 is 0 Å². The molecule has 0 aliphatic carbocycles. The lowest BCUT2D eigenvalue weighted by Gasteiger charge is -2.54. The number of hydrogen-bond donors (Lipinski definition) is 1. The molecule has 1 N–H and O–H groups in total. The molecule has 0 unspecified atom stereocenters. The average Bonchev–Trinajstić information content (AvgIpc) is 2.33. The van der Waals surface area contributed by atoms with Gasteiger partial charge in [0.25, 0.3) is 0 Å². The average molecular weight is 253 g/mol. The van der Waals surface area contributed by atoms with Gasteiger partial charge in [0.15, 0.2) is 0 Å². The Morgan fingerprint density at radius 1 is 1.28 bits per heavy atom. The molecular weight excluding hydrogens is 226 g/mol. The van der Waals surface area contributed by atoms with Crippen LogP contribution in [0.2, 0.25) is 0 Å². The number of carbonyl (C=O) groups is 1. The van der Waals surface area contributed by atoms with Crippen molar-refractivity contribution in [3.05, 3.63) is 0 Å². The summed E-state index contributed by atoms with van der Waals surface area (Å²) in [5.74, 6) is 0.271. The van der Waals surface area contributed by atoms with E-state index in [9.17, 15) is 4.79 Å². The SMILES string of the molecule is CCN1CCC2(CC1)CN(C(=O)CNC(C)C)C2. The number of likely N-dealkylation sites (tertiary alicyclic amines) is 2. The van der Waals surface area contributed by atoms with Crippen LogP contribution in [0, 0.1) is 5.41 Å². The summed E-state index contributed by atoms with van der Waals surface area (Å²) in [6, 6.07) is 0.386. The third-order valence-corrected chi connectivity index (χ3v) is 4.43. The summed E-state index contributed by atoms with van der Waals surface area (Å²) < 4.78 is 0. The fraction of sp³-hybridized carbons (Fsp3) is 0.929.